The third kappa shape index (κ3) is 3.17. The van der Waals surface area contributed by atoms with Crippen LogP contribution in [0.15, 0.2) is 55.0 Å². The molecule has 4 nitrogen and oxygen atoms in total. The Morgan fingerprint density at radius 2 is 1.90 bits per heavy atom. The Morgan fingerprint density at radius 3 is 2.71 bits per heavy atom. The van der Waals surface area contributed by atoms with E-state index in [1.165, 1.54) is 16.3 Å². The summed E-state index contributed by atoms with van der Waals surface area (Å²) >= 11 is 0. The quantitative estimate of drug-likeness (QED) is 0.780. The van der Waals surface area contributed by atoms with E-state index in [1.54, 1.807) is 7.11 Å². The molecule has 0 spiro atoms. The van der Waals surface area contributed by atoms with Crippen LogP contribution in [0.5, 0.6) is 5.88 Å². The van der Waals surface area contributed by atoms with Gasteiger partial charge in [0.05, 0.1) is 7.11 Å². The minimum atomic E-state index is 0.636. The number of ether oxygens (including phenoxy) is 1. The molecule has 106 valence electrons. The van der Waals surface area contributed by atoms with E-state index in [0.717, 1.165) is 18.7 Å². The summed E-state index contributed by atoms with van der Waals surface area (Å²) in [6.07, 6.45) is 5.64. The third-order valence-corrected chi connectivity index (χ3v) is 3.40. The molecule has 0 saturated carbocycles. The number of hydrogen-bond acceptors (Lipinski definition) is 4. The zero-order valence-electron chi connectivity index (χ0n) is 11.9. The summed E-state index contributed by atoms with van der Waals surface area (Å²) in [4.78, 5) is 8.49. The van der Waals surface area contributed by atoms with E-state index >= 15 is 0 Å². The number of methoxy groups -OCH3 is 1. The van der Waals surface area contributed by atoms with E-state index in [1.807, 2.05) is 36.8 Å². The first-order valence-electron chi connectivity index (χ1n) is 6.88. The van der Waals surface area contributed by atoms with Crippen molar-refractivity contribution in [2.24, 2.45) is 0 Å². The van der Waals surface area contributed by atoms with Gasteiger partial charge in [-0.15, -0.1) is 0 Å². The van der Waals surface area contributed by atoms with Gasteiger partial charge in [0.1, 0.15) is 0 Å². The van der Waals surface area contributed by atoms with Crippen LogP contribution in [0.3, 0.4) is 0 Å². The molecular formula is C17H17N3O. The van der Waals surface area contributed by atoms with Crippen molar-refractivity contribution in [1.29, 1.82) is 0 Å². The highest BCUT2D eigenvalue weighted by molar-refractivity contribution is 5.84. The molecule has 3 rings (SSSR count). The fraction of sp³-hybridized carbons (Fsp3) is 0.176. The number of benzene rings is 1. The lowest BCUT2D eigenvalue weighted by atomic mass is 10.1. The van der Waals surface area contributed by atoms with Gasteiger partial charge in [0.2, 0.25) is 5.88 Å². The van der Waals surface area contributed by atoms with Gasteiger partial charge in [-0.1, -0.05) is 30.3 Å². The highest BCUT2D eigenvalue weighted by Crippen LogP contribution is 2.16. The molecule has 0 aliphatic rings. The maximum atomic E-state index is 5.05. The second-order valence-electron chi connectivity index (χ2n) is 4.83. The van der Waals surface area contributed by atoms with Gasteiger partial charge in [-0.2, -0.15) is 0 Å². The highest BCUT2D eigenvalue weighted by atomic mass is 16.5. The molecule has 0 aliphatic heterocycles. The minimum absolute atomic E-state index is 0.636. The van der Waals surface area contributed by atoms with Crippen LogP contribution in [-0.4, -0.2) is 17.1 Å². The summed E-state index contributed by atoms with van der Waals surface area (Å²) < 4.78 is 5.05. The first kappa shape index (κ1) is 13.5. The summed E-state index contributed by atoms with van der Waals surface area (Å²) in [6, 6.07) is 12.2. The van der Waals surface area contributed by atoms with E-state index in [0.29, 0.717) is 5.88 Å². The lowest BCUT2D eigenvalue weighted by Gasteiger charge is -2.08. The van der Waals surface area contributed by atoms with E-state index in [9.17, 15) is 0 Å². The van der Waals surface area contributed by atoms with Crippen LogP contribution in [0, 0.1) is 0 Å². The number of aromatic nitrogens is 2. The van der Waals surface area contributed by atoms with E-state index in [-0.39, 0.29) is 0 Å². The first-order valence-corrected chi connectivity index (χ1v) is 6.88. The topological polar surface area (TPSA) is 47.0 Å². The average Bonchev–Trinajstić information content (AvgIpc) is 2.56. The largest absolute Gasteiger partial charge is 0.481 e. The second kappa shape index (κ2) is 6.33. The molecule has 0 saturated heterocycles. The molecule has 0 aliphatic carbocycles. The van der Waals surface area contributed by atoms with Crippen molar-refractivity contribution in [3.63, 3.8) is 0 Å². The molecule has 4 heteroatoms. The van der Waals surface area contributed by atoms with Gasteiger partial charge in [0, 0.05) is 43.1 Å². The number of fused-ring (bicyclic) bond motifs is 1. The SMILES string of the molecule is COc1ccc(CNCc2cncc3ccccc23)cn1. The average molecular weight is 279 g/mol. The normalized spacial score (nSPS) is 10.7. The van der Waals surface area contributed by atoms with Crippen molar-refractivity contribution in [3.05, 3.63) is 66.1 Å². The van der Waals surface area contributed by atoms with Crippen LogP contribution in [0.1, 0.15) is 11.1 Å². The maximum Gasteiger partial charge on any atom is 0.212 e. The van der Waals surface area contributed by atoms with Gasteiger partial charge >= 0.3 is 0 Å². The summed E-state index contributed by atoms with van der Waals surface area (Å²) in [5.41, 5.74) is 2.33. The first-order chi connectivity index (χ1) is 10.4. The minimum Gasteiger partial charge on any atom is -0.481 e. The molecule has 1 aromatic carbocycles. The van der Waals surface area contributed by atoms with Crippen molar-refractivity contribution in [2.45, 2.75) is 13.1 Å². The number of nitrogens with one attached hydrogen (secondary N) is 1. The molecule has 0 fully saturated rings. The molecule has 0 radical (unpaired) electrons. The monoisotopic (exact) mass is 279 g/mol. The van der Waals surface area contributed by atoms with Crippen LogP contribution < -0.4 is 10.1 Å². The maximum absolute atomic E-state index is 5.05. The van der Waals surface area contributed by atoms with Gasteiger partial charge < -0.3 is 10.1 Å². The molecule has 0 bridgehead atoms. The van der Waals surface area contributed by atoms with Crippen molar-refractivity contribution in [3.8, 4) is 5.88 Å². The smallest absolute Gasteiger partial charge is 0.212 e. The van der Waals surface area contributed by atoms with Crippen molar-refractivity contribution in [1.82, 2.24) is 15.3 Å². The standard InChI is InChI=1S/C17H17N3O/c1-21-17-7-6-13(9-20-17)8-18-11-15-12-19-10-14-4-2-3-5-16(14)15/h2-7,9-10,12,18H,8,11H2,1H3. The number of hydrogen-bond donors (Lipinski definition) is 1. The molecule has 0 amide bonds. The van der Waals surface area contributed by atoms with Crippen LogP contribution >= 0.6 is 0 Å². The highest BCUT2D eigenvalue weighted by Gasteiger charge is 2.01. The Bertz CT molecular complexity index is 720. The number of nitrogens with zero attached hydrogens (tertiary/aromatic N) is 2. The Hall–Kier alpha value is -2.46. The van der Waals surface area contributed by atoms with Crippen molar-refractivity contribution < 1.29 is 4.74 Å². The summed E-state index contributed by atoms with van der Waals surface area (Å²) in [7, 11) is 1.62. The lowest BCUT2D eigenvalue weighted by molar-refractivity contribution is 0.397. The molecule has 1 N–H and O–H groups in total. The zero-order valence-corrected chi connectivity index (χ0v) is 11.9. The van der Waals surface area contributed by atoms with Crippen molar-refractivity contribution >= 4 is 10.8 Å². The van der Waals surface area contributed by atoms with Gasteiger partial charge in [0.15, 0.2) is 0 Å². The fourth-order valence-corrected chi connectivity index (χ4v) is 2.30. The summed E-state index contributed by atoms with van der Waals surface area (Å²) in [5.74, 6) is 0.636. The van der Waals surface area contributed by atoms with Crippen LogP contribution in [-0.2, 0) is 13.1 Å². The van der Waals surface area contributed by atoms with E-state index in [4.69, 9.17) is 4.74 Å². The molecule has 21 heavy (non-hydrogen) atoms. The van der Waals surface area contributed by atoms with Crippen LogP contribution in [0.2, 0.25) is 0 Å². The van der Waals surface area contributed by atoms with Crippen LogP contribution in [0.25, 0.3) is 10.8 Å². The molecule has 2 aromatic heterocycles. The van der Waals surface area contributed by atoms with Gasteiger partial charge in [-0.25, -0.2) is 4.98 Å². The van der Waals surface area contributed by atoms with Crippen LogP contribution in [0.4, 0.5) is 0 Å². The Labute approximate surface area is 123 Å². The van der Waals surface area contributed by atoms with Gasteiger partial charge in [0.25, 0.3) is 0 Å². The second-order valence-corrected chi connectivity index (χ2v) is 4.83. The van der Waals surface area contributed by atoms with Crippen molar-refractivity contribution in [2.75, 3.05) is 7.11 Å². The summed E-state index contributed by atoms with van der Waals surface area (Å²) in [6.45, 7) is 1.54. The molecular weight excluding hydrogens is 262 g/mol. The predicted octanol–water partition coefficient (Wildman–Crippen LogP) is 2.93. The number of rotatable bonds is 5. The third-order valence-electron chi connectivity index (χ3n) is 3.40. The Kier molecular flexibility index (Phi) is 4.07. The summed E-state index contributed by atoms with van der Waals surface area (Å²) in [5, 5.41) is 5.84. The van der Waals surface area contributed by atoms with E-state index < -0.39 is 0 Å². The Morgan fingerprint density at radius 1 is 1.00 bits per heavy atom. The molecule has 2 heterocycles. The zero-order chi connectivity index (χ0) is 14.5. The Balaban J connectivity index is 1.66. The van der Waals surface area contributed by atoms with Gasteiger partial charge in [-0.05, 0) is 16.5 Å². The fourth-order valence-electron chi connectivity index (χ4n) is 2.30. The van der Waals surface area contributed by atoms with E-state index in [2.05, 4.69) is 33.5 Å². The molecule has 0 unspecified atom stereocenters. The molecule has 3 aromatic rings. The lowest BCUT2D eigenvalue weighted by Crippen LogP contribution is -2.13. The predicted molar refractivity (Wildman–Crippen MR) is 83.1 cm³/mol. The molecule has 0 atom stereocenters. The number of pyridine rings is 2. The van der Waals surface area contributed by atoms with Gasteiger partial charge in [-0.3, -0.25) is 4.98 Å².